The van der Waals surface area contributed by atoms with Crippen LogP contribution in [0.15, 0.2) is 66.7 Å². The zero-order valence-corrected chi connectivity index (χ0v) is 22.2. The molecule has 0 saturated carbocycles. The van der Waals surface area contributed by atoms with Crippen molar-refractivity contribution in [1.29, 1.82) is 0 Å². The van der Waals surface area contributed by atoms with Gasteiger partial charge in [-0.3, -0.25) is 0 Å². The van der Waals surface area contributed by atoms with Gasteiger partial charge in [-0.25, -0.2) is 0 Å². The van der Waals surface area contributed by atoms with Gasteiger partial charge in [0.05, 0.1) is 0 Å². The number of nitrogens with one attached hydrogen (secondary N) is 1. The van der Waals surface area contributed by atoms with Gasteiger partial charge in [-0.2, -0.15) is 0 Å². The summed E-state index contributed by atoms with van der Waals surface area (Å²) in [6.07, 6.45) is 1.85. The first kappa shape index (κ1) is 22.9. The van der Waals surface area contributed by atoms with Crippen LogP contribution in [0.1, 0.15) is 12.0 Å². The van der Waals surface area contributed by atoms with E-state index >= 15 is 0 Å². The monoisotopic (exact) mass is 535 g/mol. The molecule has 3 aromatic carbocycles. The molecule has 1 heterocycles. The van der Waals surface area contributed by atoms with Gasteiger partial charge < -0.3 is 0 Å². The van der Waals surface area contributed by atoms with Gasteiger partial charge in [-0.1, -0.05) is 0 Å². The standard InChI is InChI=1S/C24H24N3O.3CH3.Sn/c25-15-14-18-10-12-19(13-11-18)28-17-5-16-26-24-20-6-1-3-8-22(20)27-23-9-4-2-7-21(23)24;;;;/h1-4,6-12H,5,14-17,25H2,(H,26,27);3*1H3;. The molecule has 0 bridgehead atoms. The topological polar surface area (TPSA) is 60.2 Å². The number of pyridine rings is 1. The van der Waals surface area contributed by atoms with Gasteiger partial charge in [0.25, 0.3) is 0 Å². The maximum atomic E-state index is 6.28. The number of nitrogens with two attached hydrogens (primary N) is 1. The first-order valence-corrected chi connectivity index (χ1v) is 21.4. The fourth-order valence-corrected chi connectivity index (χ4v) is 8.43. The quantitative estimate of drug-likeness (QED) is 0.174. The minimum absolute atomic E-state index is 0.684. The Balaban J connectivity index is 1.45. The predicted molar refractivity (Wildman–Crippen MR) is 140 cm³/mol. The van der Waals surface area contributed by atoms with Crippen molar-refractivity contribution in [2.45, 2.75) is 27.7 Å². The van der Waals surface area contributed by atoms with E-state index in [-0.39, 0.29) is 0 Å². The Morgan fingerprint density at radius 3 is 2.19 bits per heavy atom. The third-order valence-corrected chi connectivity index (χ3v) is 11.5. The van der Waals surface area contributed by atoms with E-state index in [9.17, 15) is 0 Å². The number of anilines is 1. The number of nitrogens with zero attached hydrogens (tertiary/aromatic N) is 1. The number of para-hydroxylation sites is 2. The summed E-state index contributed by atoms with van der Waals surface area (Å²) in [5.41, 5.74) is 10.3. The molecule has 4 aromatic rings. The Morgan fingerprint density at radius 2 is 1.56 bits per heavy atom. The second-order valence-electron chi connectivity index (χ2n) is 9.27. The number of hydrogen-bond donors (Lipinski definition) is 2. The van der Waals surface area contributed by atoms with Crippen molar-refractivity contribution < 1.29 is 4.74 Å². The van der Waals surface area contributed by atoms with Crippen LogP contribution in [-0.2, 0) is 6.42 Å². The zero-order chi connectivity index (χ0) is 22.6. The van der Waals surface area contributed by atoms with Crippen LogP contribution < -0.4 is 19.4 Å². The molecule has 166 valence electrons. The van der Waals surface area contributed by atoms with E-state index in [1.165, 1.54) is 9.14 Å². The van der Waals surface area contributed by atoms with E-state index in [4.69, 9.17) is 15.5 Å². The van der Waals surface area contributed by atoms with Crippen molar-refractivity contribution in [2.24, 2.45) is 5.73 Å². The molecule has 0 saturated heterocycles. The number of aromatic nitrogens is 1. The number of fused-ring (bicyclic) bond motifs is 2. The van der Waals surface area contributed by atoms with E-state index < -0.39 is 18.4 Å². The molecule has 4 rings (SSSR count). The van der Waals surface area contributed by atoms with Crippen LogP contribution in [0.4, 0.5) is 5.69 Å². The first-order chi connectivity index (χ1) is 15.5. The van der Waals surface area contributed by atoms with Crippen LogP contribution in [-0.4, -0.2) is 43.1 Å². The second-order valence-corrected chi connectivity index (χ2v) is 23.6. The molecule has 0 fully saturated rings. The van der Waals surface area contributed by atoms with Crippen LogP contribution in [0.3, 0.4) is 0 Å². The fraction of sp³-hybridized carbons (Fsp3) is 0.296. The summed E-state index contributed by atoms with van der Waals surface area (Å²) in [5.74, 6) is 1.06. The van der Waals surface area contributed by atoms with E-state index in [0.717, 1.165) is 52.6 Å². The van der Waals surface area contributed by atoms with E-state index in [1.807, 2.05) is 12.1 Å². The normalized spacial score (nSPS) is 11.8. The Morgan fingerprint density at radius 1 is 0.906 bits per heavy atom. The van der Waals surface area contributed by atoms with Crippen molar-refractivity contribution >= 4 is 49.4 Å². The van der Waals surface area contributed by atoms with Gasteiger partial charge in [0.2, 0.25) is 0 Å². The molecule has 0 aliphatic carbocycles. The van der Waals surface area contributed by atoms with Gasteiger partial charge in [-0.05, 0) is 0 Å². The van der Waals surface area contributed by atoms with Crippen LogP contribution in [0, 0.1) is 0 Å². The molecule has 0 unspecified atom stereocenters. The molecular weight excluding hydrogens is 501 g/mol. The Kier molecular flexibility index (Phi) is 7.21. The summed E-state index contributed by atoms with van der Waals surface area (Å²) in [7, 11) is 0. The molecule has 0 aliphatic rings. The van der Waals surface area contributed by atoms with Crippen LogP contribution in [0.5, 0.6) is 5.75 Å². The molecule has 0 atom stereocenters. The fourth-order valence-electron chi connectivity index (χ4n) is 4.11. The summed E-state index contributed by atoms with van der Waals surface area (Å²) >= 11 is -2.29. The van der Waals surface area contributed by atoms with Gasteiger partial charge in [0.1, 0.15) is 0 Å². The molecule has 3 N–H and O–H groups in total. The molecular formula is C27H33N3OSn. The number of benzene rings is 3. The van der Waals surface area contributed by atoms with Gasteiger partial charge >= 0.3 is 196 Å². The Labute approximate surface area is 195 Å². The van der Waals surface area contributed by atoms with Gasteiger partial charge in [0, 0.05) is 0 Å². The molecule has 1 aromatic heterocycles. The third-order valence-electron chi connectivity index (χ3n) is 5.75. The van der Waals surface area contributed by atoms with Crippen molar-refractivity contribution in [3.05, 3.63) is 72.3 Å². The van der Waals surface area contributed by atoms with E-state index in [1.54, 1.807) is 0 Å². The average Bonchev–Trinajstić information content (AvgIpc) is 2.78. The summed E-state index contributed by atoms with van der Waals surface area (Å²) < 4.78 is 7.73. The number of ether oxygens (including phenoxy) is 1. The third kappa shape index (κ3) is 5.18. The van der Waals surface area contributed by atoms with E-state index in [0.29, 0.717) is 13.2 Å². The molecule has 0 spiro atoms. The zero-order valence-electron chi connectivity index (χ0n) is 19.3. The summed E-state index contributed by atoms with van der Waals surface area (Å²) in [5, 5.41) is 5.98. The first-order valence-electron chi connectivity index (χ1n) is 11.4. The number of hydrogen-bond acceptors (Lipinski definition) is 4. The molecule has 0 aliphatic heterocycles. The summed E-state index contributed by atoms with van der Waals surface area (Å²) in [4.78, 5) is 12.1. The maximum absolute atomic E-state index is 6.28. The van der Waals surface area contributed by atoms with Crippen molar-refractivity contribution in [3.63, 3.8) is 0 Å². The van der Waals surface area contributed by atoms with Crippen molar-refractivity contribution in [1.82, 2.24) is 4.98 Å². The minimum atomic E-state index is -2.29. The van der Waals surface area contributed by atoms with Crippen molar-refractivity contribution in [2.75, 3.05) is 25.0 Å². The van der Waals surface area contributed by atoms with E-state index in [2.05, 4.69) is 74.7 Å². The molecule has 5 heteroatoms. The van der Waals surface area contributed by atoms with Gasteiger partial charge in [0.15, 0.2) is 0 Å². The van der Waals surface area contributed by atoms with Crippen LogP contribution in [0.2, 0.25) is 14.8 Å². The SMILES string of the molecule is [CH3][Sn]([CH3])([CH3])[c]1cc(CCN)ccc1OCCCNc1c2ccccc2nc2ccccc12. The Bertz CT molecular complexity index is 1160. The summed E-state index contributed by atoms with van der Waals surface area (Å²) in [6, 6.07) is 23.3. The molecule has 0 radical (unpaired) electrons. The summed E-state index contributed by atoms with van der Waals surface area (Å²) in [6.45, 7) is 2.22. The van der Waals surface area contributed by atoms with Crippen molar-refractivity contribution in [3.8, 4) is 5.75 Å². The van der Waals surface area contributed by atoms with Gasteiger partial charge in [-0.15, -0.1) is 0 Å². The second kappa shape index (κ2) is 10.1. The molecule has 4 nitrogen and oxygen atoms in total. The predicted octanol–water partition coefficient (Wildman–Crippen LogP) is 5.32. The number of rotatable bonds is 9. The average molecular weight is 534 g/mol. The van der Waals surface area contributed by atoms with Crippen LogP contribution >= 0.6 is 0 Å². The molecule has 32 heavy (non-hydrogen) atoms. The Hall–Kier alpha value is -2.31. The molecule has 0 amide bonds. The van der Waals surface area contributed by atoms with Crippen LogP contribution in [0.25, 0.3) is 21.8 Å².